The van der Waals surface area contributed by atoms with E-state index >= 15 is 0 Å². The van der Waals surface area contributed by atoms with Crippen LogP contribution in [0.3, 0.4) is 0 Å². The summed E-state index contributed by atoms with van der Waals surface area (Å²) < 4.78 is 0. The summed E-state index contributed by atoms with van der Waals surface area (Å²) in [4.78, 5) is 31.0. The highest BCUT2D eigenvalue weighted by Crippen LogP contribution is 2.47. The Labute approximate surface area is 206 Å². The van der Waals surface area contributed by atoms with Crippen molar-refractivity contribution in [3.63, 3.8) is 0 Å². The first-order valence-electron chi connectivity index (χ1n) is 10.7. The van der Waals surface area contributed by atoms with Crippen LogP contribution in [0.2, 0.25) is 5.02 Å². The smallest absolute Gasteiger partial charge is 0.324 e. The number of likely N-dealkylation sites (tertiary alicyclic amines) is 1. The predicted molar refractivity (Wildman–Crippen MR) is 133 cm³/mol. The lowest BCUT2D eigenvalue weighted by molar-refractivity contribution is -0.140. The molecule has 1 fully saturated rings. The van der Waals surface area contributed by atoms with Crippen molar-refractivity contribution < 1.29 is 9.59 Å². The zero-order chi connectivity index (χ0) is 22.9. The van der Waals surface area contributed by atoms with Crippen LogP contribution in [-0.2, 0) is 4.79 Å². The Hall–Kier alpha value is -2.67. The van der Waals surface area contributed by atoms with Crippen LogP contribution in [0.4, 0.5) is 16.2 Å². The second kappa shape index (κ2) is 9.29. The van der Waals surface area contributed by atoms with Gasteiger partial charge in [-0.1, -0.05) is 59.8 Å². The van der Waals surface area contributed by atoms with Gasteiger partial charge in [0.1, 0.15) is 5.38 Å². The number of rotatable bonds is 5. The molecule has 5 rings (SSSR count). The number of carbonyl (C=O) groups excluding carboxylic acids is 2. The lowest BCUT2D eigenvalue weighted by atomic mass is 9.94. The Morgan fingerprint density at radius 3 is 2.18 bits per heavy atom. The normalized spacial score (nSPS) is 18.9. The molecular formula is C25H21Cl2N3O2S. The average Bonchev–Trinajstić information content (AvgIpc) is 2.84. The molecule has 0 saturated carbocycles. The molecule has 3 aromatic rings. The van der Waals surface area contributed by atoms with Gasteiger partial charge in [0.2, 0.25) is 0 Å². The summed E-state index contributed by atoms with van der Waals surface area (Å²) in [6.45, 7) is 1.18. The average molecular weight is 498 g/mol. The van der Waals surface area contributed by atoms with Crippen LogP contribution in [0, 0.1) is 0 Å². The van der Waals surface area contributed by atoms with Gasteiger partial charge >= 0.3 is 6.03 Å². The molecular weight excluding hydrogens is 477 g/mol. The van der Waals surface area contributed by atoms with Gasteiger partial charge in [-0.3, -0.25) is 9.69 Å². The van der Waals surface area contributed by atoms with Crippen LogP contribution >= 0.6 is 35.0 Å². The summed E-state index contributed by atoms with van der Waals surface area (Å²) in [7, 11) is 0. The summed E-state index contributed by atoms with van der Waals surface area (Å²) >= 11 is 13.9. The van der Waals surface area contributed by atoms with E-state index in [1.165, 1.54) is 26.1 Å². The van der Waals surface area contributed by atoms with Crippen LogP contribution in [0.1, 0.15) is 18.0 Å². The number of halogens is 2. The van der Waals surface area contributed by atoms with Gasteiger partial charge in [0.15, 0.2) is 0 Å². The van der Waals surface area contributed by atoms with Crippen LogP contribution in [0.25, 0.3) is 0 Å². The number of urea groups is 1. The molecule has 168 valence electrons. The zero-order valence-electron chi connectivity index (χ0n) is 17.6. The van der Waals surface area contributed by atoms with E-state index < -0.39 is 17.5 Å². The minimum atomic E-state index is -0.754. The predicted octanol–water partition coefficient (Wildman–Crippen LogP) is 6.23. The largest absolute Gasteiger partial charge is 0.340 e. The summed E-state index contributed by atoms with van der Waals surface area (Å²) in [5.74, 6) is -0.384. The fraction of sp³-hybridized carbons (Fsp3) is 0.200. The highest BCUT2D eigenvalue weighted by atomic mass is 35.5. The Morgan fingerprint density at radius 1 is 0.939 bits per heavy atom. The molecule has 0 aliphatic carbocycles. The molecule has 0 bridgehead atoms. The zero-order valence-corrected chi connectivity index (χ0v) is 19.9. The van der Waals surface area contributed by atoms with Crippen LogP contribution in [0.15, 0.2) is 82.6 Å². The number of hydrogen-bond donors (Lipinski definition) is 1. The maximum atomic E-state index is 12.8. The van der Waals surface area contributed by atoms with Crippen molar-refractivity contribution in [3.8, 4) is 0 Å². The van der Waals surface area contributed by atoms with Crippen molar-refractivity contribution in [2.75, 3.05) is 18.0 Å². The van der Waals surface area contributed by atoms with Crippen molar-refractivity contribution in [3.05, 3.63) is 83.4 Å². The second-order valence-corrected chi connectivity index (χ2v) is 9.87. The molecule has 1 N–H and O–H groups in total. The van der Waals surface area contributed by atoms with E-state index in [1.807, 2.05) is 24.3 Å². The van der Waals surface area contributed by atoms with Crippen molar-refractivity contribution in [1.29, 1.82) is 0 Å². The van der Waals surface area contributed by atoms with Crippen molar-refractivity contribution >= 4 is 58.3 Å². The number of anilines is 2. The number of amides is 3. The molecule has 5 nitrogen and oxygen atoms in total. The fourth-order valence-electron chi connectivity index (χ4n) is 4.20. The Bertz CT molecular complexity index is 1160. The molecule has 0 aromatic heterocycles. The van der Waals surface area contributed by atoms with Gasteiger partial charge in [-0.2, -0.15) is 0 Å². The molecule has 2 aliphatic rings. The number of β-lactam (4-membered cyclic amide) rings is 1. The molecule has 2 aliphatic heterocycles. The highest BCUT2D eigenvalue weighted by Gasteiger charge is 2.50. The molecule has 0 radical (unpaired) electrons. The van der Waals surface area contributed by atoms with Gasteiger partial charge < -0.3 is 10.2 Å². The third kappa shape index (κ3) is 4.19. The van der Waals surface area contributed by atoms with E-state index in [1.54, 1.807) is 36.0 Å². The van der Waals surface area contributed by atoms with Gasteiger partial charge in [0, 0.05) is 27.9 Å². The lowest BCUT2D eigenvalue weighted by Crippen LogP contribution is -2.61. The minimum absolute atomic E-state index is 0.384. The monoisotopic (exact) mass is 497 g/mol. The van der Waals surface area contributed by atoms with Crippen LogP contribution in [-0.4, -0.2) is 35.3 Å². The van der Waals surface area contributed by atoms with Crippen LogP contribution < -0.4 is 10.2 Å². The number of fused-ring (bicyclic) bond motifs is 2. The molecule has 3 aromatic carbocycles. The fourth-order valence-corrected chi connectivity index (χ4v) is 5.78. The first kappa shape index (κ1) is 22.1. The van der Waals surface area contributed by atoms with E-state index in [-0.39, 0.29) is 5.91 Å². The van der Waals surface area contributed by atoms with E-state index in [0.29, 0.717) is 11.6 Å². The number of imide groups is 1. The Kier molecular flexibility index (Phi) is 6.23. The molecule has 1 saturated heterocycles. The number of benzene rings is 3. The standard InChI is InChI=1S/C25H21Cl2N3O2S/c26-17-12-10-16(11-13-17)23-22(27)24(31)30(23)25(32)28-14-5-15-29-18-6-1-3-8-20(18)33-21-9-4-2-7-19(21)29/h1-4,6-13,22-23H,5,14-15H2,(H,28,32). The molecule has 8 heteroatoms. The molecule has 2 heterocycles. The highest BCUT2D eigenvalue weighted by molar-refractivity contribution is 7.99. The van der Waals surface area contributed by atoms with E-state index in [9.17, 15) is 9.59 Å². The SMILES string of the molecule is O=C(NCCCN1c2ccccc2Sc2ccccc21)N1C(=O)C(Cl)C1c1ccc(Cl)cc1. The number of alkyl halides is 1. The maximum Gasteiger partial charge on any atom is 0.324 e. The Balaban J connectivity index is 1.22. The second-order valence-electron chi connectivity index (χ2n) is 7.88. The van der Waals surface area contributed by atoms with E-state index in [2.05, 4.69) is 34.5 Å². The maximum absolute atomic E-state index is 12.8. The number of para-hydroxylation sites is 2. The first-order valence-corrected chi connectivity index (χ1v) is 12.3. The van der Waals surface area contributed by atoms with Gasteiger partial charge in [-0.05, 0) is 48.4 Å². The van der Waals surface area contributed by atoms with Gasteiger partial charge in [0.05, 0.1) is 17.4 Å². The van der Waals surface area contributed by atoms with Gasteiger partial charge in [-0.15, -0.1) is 11.6 Å². The van der Waals surface area contributed by atoms with Gasteiger partial charge in [-0.25, -0.2) is 4.79 Å². The van der Waals surface area contributed by atoms with Gasteiger partial charge in [0.25, 0.3) is 5.91 Å². The molecule has 2 atom stereocenters. The first-order chi connectivity index (χ1) is 16.0. The Morgan fingerprint density at radius 2 is 1.55 bits per heavy atom. The lowest BCUT2D eigenvalue weighted by Gasteiger charge is -2.42. The van der Waals surface area contributed by atoms with Crippen LogP contribution in [0.5, 0.6) is 0 Å². The van der Waals surface area contributed by atoms with E-state index in [0.717, 1.165) is 18.5 Å². The molecule has 3 amide bonds. The summed E-state index contributed by atoms with van der Waals surface area (Å²) in [6.07, 6.45) is 0.719. The number of carbonyl (C=O) groups is 2. The van der Waals surface area contributed by atoms with Crippen molar-refractivity contribution in [2.45, 2.75) is 27.6 Å². The number of hydrogen-bond acceptors (Lipinski definition) is 4. The van der Waals surface area contributed by atoms with Crippen molar-refractivity contribution in [1.82, 2.24) is 10.2 Å². The summed E-state index contributed by atoms with van der Waals surface area (Å²) in [5.41, 5.74) is 3.12. The molecule has 0 spiro atoms. The minimum Gasteiger partial charge on any atom is -0.340 e. The topological polar surface area (TPSA) is 52.7 Å². The summed E-state index contributed by atoms with van der Waals surface area (Å²) in [5, 5.41) is 2.72. The molecule has 33 heavy (non-hydrogen) atoms. The molecule has 2 unspecified atom stereocenters. The number of nitrogens with zero attached hydrogens (tertiary/aromatic N) is 2. The number of nitrogens with one attached hydrogen (secondary N) is 1. The van der Waals surface area contributed by atoms with Crippen molar-refractivity contribution in [2.24, 2.45) is 0 Å². The third-order valence-electron chi connectivity index (χ3n) is 5.83. The quantitative estimate of drug-likeness (QED) is 0.257. The third-order valence-corrected chi connectivity index (χ3v) is 7.63. The van der Waals surface area contributed by atoms with E-state index in [4.69, 9.17) is 23.2 Å². The summed E-state index contributed by atoms with van der Waals surface area (Å²) in [6, 6.07) is 22.8.